The minimum absolute atomic E-state index is 0.249. The van der Waals surface area contributed by atoms with E-state index in [9.17, 15) is 14.7 Å². The number of hydrogen-bond donors (Lipinski definition) is 1. The van der Waals surface area contributed by atoms with Crippen molar-refractivity contribution < 1.29 is 33.6 Å². The number of rotatable bonds is 7. The Kier molecular flexibility index (Phi) is 6.48. The Morgan fingerprint density at radius 2 is 1.67 bits per heavy atom. The Balaban J connectivity index is 2.84. The molecule has 0 fully saturated rings. The van der Waals surface area contributed by atoms with Crippen LogP contribution in [0.1, 0.15) is 18.6 Å². The maximum Gasteiger partial charge on any atom is 0.343 e. The molecule has 0 aromatic heterocycles. The number of ether oxygens (including phenoxy) is 4. The lowest BCUT2D eigenvalue weighted by atomic mass is 10.1. The molecule has 0 saturated carbocycles. The molecule has 116 valence electrons. The van der Waals surface area contributed by atoms with Crippen molar-refractivity contribution in [1.82, 2.24) is 0 Å². The third-order valence-electron chi connectivity index (χ3n) is 2.59. The SMILES string of the molecule is COC(=O)COc1ccc(C(C)O)c(OCC(=O)OC)c1. The summed E-state index contributed by atoms with van der Waals surface area (Å²) < 4.78 is 19.4. The summed E-state index contributed by atoms with van der Waals surface area (Å²) in [5.41, 5.74) is 0.490. The van der Waals surface area contributed by atoms with Gasteiger partial charge in [0.15, 0.2) is 13.2 Å². The Bertz CT molecular complexity index is 496. The van der Waals surface area contributed by atoms with Crippen LogP contribution in [-0.2, 0) is 19.1 Å². The van der Waals surface area contributed by atoms with Crippen molar-refractivity contribution in [3.8, 4) is 11.5 Å². The fourth-order valence-corrected chi connectivity index (χ4v) is 1.47. The third-order valence-corrected chi connectivity index (χ3v) is 2.59. The number of esters is 2. The first-order valence-electron chi connectivity index (χ1n) is 6.19. The number of methoxy groups -OCH3 is 2. The fourth-order valence-electron chi connectivity index (χ4n) is 1.47. The molecule has 21 heavy (non-hydrogen) atoms. The van der Waals surface area contributed by atoms with Crippen LogP contribution in [0.3, 0.4) is 0 Å². The summed E-state index contributed by atoms with van der Waals surface area (Å²) in [4.78, 5) is 22.1. The molecule has 0 radical (unpaired) electrons. The molecule has 0 bridgehead atoms. The van der Waals surface area contributed by atoms with Gasteiger partial charge >= 0.3 is 11.9 Å². The highest BCUT2D eigenvalue weighted by atomic mass is 16.6. The highest BCUT2D eigenvalue weighted by molar-refractivity contribution is 5.71. The van der Waals surface area contributed by atoms with Gasteiger partial charge in [-0.15, -0.1) is 0 Å². The van der Waals surface area contributed by atoms with Crippen LogP contribution in [0.4, 0.5) is 0 Å². The van der Waals surface area contributed by atoms with Gasteiger partial charge in [-0.3, -0.25) is 0 Å². The predicted octanol–water partition coefficient (Wildman–Crippen LogP) is 0.843. The average Bonchev–Trinajstić information content (AvgIpc) is 2.49. The summed E-state index contributed by atoms with van der Waals surface area (Å²) in [6.07, 6.45) is -0.785. The van der Waals surface area contributed by atoms with Crippen LogP contribution in [0.25, 0.3) is 0 Å². The largest absolute Gasteiger partial charge is 0.482 e. The molecule has 1 atom stereocenters. The maximum atomic E-state index is 11.1. The minimum Gasteiger partial charge on any atom is -0.482 e. The number of benzene rings is 1. The molecule has 1 unspecified atom stereocenters. The summed E-state index contributed by atoms with van der Waals surface area (Å²) in [5.74, 6) is -0.443. The van der Waals surface area contributed by atoms with E-state index in [1.165, 1.54) is 20.3 Å². The summed E-state index contributed by atoms with van der Waals surface area (Å²) in [6, 6.07) is 4.65. The van der Waals surface area contributed by atoms with Gasteiger partial charge in [-0.05, 0) is 19.1 Å². The lowest BCUT2D eigenvalue weighted by Crippen LogP contribution is -2.15. The van der Waals surface area contributed by atoms with Gasteiger partial charge in [0.05, 0.1) is 20.3 Å². The van der Waals surface area contributed by atoms with Crippen molar-refractivity contribution in [1.29, 1.82) is 0 Å². The summed E-state index contributed by atoms with van der Waals surface area (Å²) in [5, 5.41) is 9.66. The Labute approximate surface area is 122 Å². The molecule has 0 saturated heterocycles. The molecule has 0 aliphatic heterocycles. The first-order chi connectivity index (χ1) is 9.97. The van der Waals surface area contributed by atoms with E-state index in [4.69, 9.17) is 9.47 Å². The van der Waals surface area contributed by atoms with E-state index in [0.717, 1.165) is 0 Å². The molecule has 0 heterocycles. The predicted molar refractivity (Wildman–Crippen MR) is 72.1 cm³/mol. The van der Waals surface area contributed by atoms with E-state index in [2.05, 4.69) is 9.47 Å². The maximum absolute atomic E-state index is 11.1. The van der Waals surface area contributed by atoms with Crippen LogP contribution in [0.2, 0.25) is 0 Å². The smallest absolute Gasteiger partial charge is 0.343 e. The third kappa shape index (κ3) is 5.31. The second-order valence-electron chi connectivity index (χ2n) is 4.11. The van der Waals surface area contributed by atoms with Crippen LogP contribution >= 0.6 is 0 Å². The zero-order chi connectivity index (χ0) is 15.8. The van der Waals surface area contributed by atoms with Crippen molar-refractivity contribution in [3.05, 3.63) is 23.8 Å². The van der Waals surface area contributed by atoms with Crippen LogP contribution in [0.5, 0.6) is 11.5 Å². The number of carbonyl (C=O) groups is 2. The van der Waals surface area contributed by atoms with Gasteiger partial charge in [0.1, 0.15) is 11.5 Å². The van der Waals surface area contributed by atoms with Gasteiger partial charge < -0.3 is 24.1 Å². The topological polar surface area (TPSA) is 91.3 Å². The van der Waals surface area contributed by atoms with Gasteiger partial charge in [-0.25, -0.2) is 9.59 Å². The molecule has 7 heteroatoms. The highest BCUT2D eigenvalue weighted by Crippen LogP contribution is 2.29. The zero-order valence-corrected chi connectivity index (χ0v) is 12.1. The van der Waals surface area contributed by atoms with Crippen molar-refractivity contribution in [3.63, 3.8) is 0 Å². The molecule has 1 aromatic rings. The van der Waals surface area contributed by atoms with Gasteiger partial charge in [0.25, 0.3) is 0 Å². The lowest BCUT2D eigenvalue weighted by Gasteiger charge is -2.14. The van der Waals surface area contributed by atoms with Gasteiger partial charge in [-0.2, -0.15) is 0 Å². The summed E-state index contributed by atoms with van der Waals surface area (Å²) in [7, 11) is 2.50. The molecule has 0 spiro atoms. The summed E-state index contributed by atoms with van der Waals surface area (Å²) >= 11 is 0. The molecule has 0 amide bonds. The van der Waals surface area contributed by atoms with Crippen LogP contribution < -0.4 is 9.47 Å². The average molecular weight is 298 g/mol. The number of aliphatic hydroxyl groups is 1. The molecule has 1 N–H and O–H groups in total. The number of carbonyl (C=O) groups excluding carboxylic acids is 2. The lowest BCUT2D eigenvalue weighted by molar-refractivity contribution is -0.143. The van der Waals surface area contributed by atoms with Crippen molar-refractivity contribution >= 4 is 11.9 Å². The minimum atomic E-state index is -0.785. The van der Waals surface area contributed by atoms with Gasteiger partial charge in [0.2, 0.25) is 0 Å². The van der Waals surface area contributed by atoms with E-state index >= 15 is 0 Å². The Morgan fingerprint density at radius 3 is 2.19 bits per heavy atom. The van der Waals surface area contributed by atoms with Crippen LogP contribution in [0.15, 0.2) is 18.2 Å². The van der Waals surface area contributed by atoms with E-state index in [0.29, 0.717) is 11.3 Å². The van der Waals surface area contributed by atoms with E-state index in [1.54, 1.807) is 19.1 Å². The Hall–Kier alpha value is -2.28. The summed E-state index contributed by atoms with van der Waals surface area (Å²) in [6.45, 7) is 1.02. The molecular formula is C14H18O7. The second kappa shape index (κ2) is 8.11. The van der Waals surface area contributed by atoms with Crippen molar-refractivity contribution in [2.75, 3.05) is 27.4 Å². The zero-order valence-electron chi connectivity index (χ0n) is 12.1. The fraction of sp³-hybridized carbons (Fsp3) is 0.429. The van der Waals surface area contributed by atoms with Crippen molar-refractivity contribution in [2.24, 2.45) is 0 Å². The first kappa shape index (κ1) is 16.8. The van der Waals surface area contributed by atoms with Gasteiger partial charge in [0, 0.05) is 11.6 Å². The normalized spacial score (nSPS) is 11.4. The molecular weight excluding hydrogens is 280 g/mol. The molecule has 1 rings (SSSR count). The van der Waals surface area contributed by atoms with E-state index in [-0.39, 0.29) is 19.0 Å². The molecule has 0 aliphatic carbocycles. The standard InChI is InChI=1S/C14H18O7/c1-9(15)11-5-4-10(20-7-13(16)18-2)6-12(11)21-8-14(17)19-3/h4-6,9,15H,7-8H2,1-3H3. The molecule has 7 nitrogen and oxygen atoms in total. The quantitative estimate of drug-likeness (QED) is 0.746. The van der Waals surface area contributed by atoms with Gasteiger partial charge in [-0.1, -0.05) is 0 Å². The van der Waals surface area contributed by atoms with E-state index in [1.807, 2.05) is 0 Å². The Morgan fingerprint density at radius 1 is 1.10 bits per heavy atom. The van der Waals surface area contributed by atoms with Crippen LogP contribution in [-0.4, -0.2) is 44.5 Å². The monoisotopic (exact) mass is 298 g/mol. The number of aliphatic hydroxyl groups excluding tert-OH is 1. The van der Waals surface area contributed by atoms with E-state index < -0.39 is 18.0 Å². The molecule has 0 aliphatic rings. The second-order valence-corrected chi connectivity index (χ2v) is 4.11. The first-order valence-corrected chi connectivity index (χ1v) is 6.19. The highest BCUT2D eigenvalue weighted by Gasteiger charge is 2.13. The van der Waals surface area contributed by atoms with Crippen molar-refractivity contribution in [2.45, 2.75) is 13.0 Å². The molecule has 1 aromatic carbocycles. The number of hydrogen-bond acceptors (Lipinski definition) is 7. The van der Waals surface area contributed by atoms with Crippen LogP contribution in [0, 0.1) is 0 Å².